The Morgan fingerprint density at radius 1 is 1.47 bits per heavy atom. The maximum absolute atomic E-state index is 11.9. The fraction of sp³-hybridized carbons (Fsp3) is 0.400. The van der Waals surface area contributed by atoms with Gasteiger partial charge in [-0.05, 0) is 43.1 Å². The Hall–Kier alpha value is -1.07. The van der Waals surface area contributed by atoms with E-state index in [0.29, 0.717) is 29.8 Å². The first kappa shape index (κ1) is 10.4. The molecule has 1 aliphatic rings. The van der Waals surface area contributed by atoms with Crippen LogP contribution in [0.15, 0.2) is 23.1 Å². The van der Waals surface area contributed by atoms with E-state index in [4.69, 9.17) is 5.73 Å². The highest BCUT2D eigenvalue weighted by atomic mass is 32.2. The van der Waals surface area contributed by atoms with Crippen molar-refractivity contribution in [2.75, 3.05) is 6.54 Å². The van der Waals surface area contributed by atoms with Crippen LogP contribution in [0.3, 0.4) is 0 Å². The molecule has 1 aromatic carbocycles. The molecule has 0 aliphatic carbocycles. The van der Waals surface area contributed by atoms with Gasteiger partial charge in [-0.2, -0.15) is 0 Å². The molecule has 4 nitrogen and oxygen atoms in total. The van der Waals surface area contributed by atoms with Crippen LogP contribution in [0.25, 0.3) is 0 Å². The highest BCUT2D eigenvalue weighted by Gasteiger charge is 2.36. The minimum atomic E-state index is -3.22. The van der Waals surface area contributed by atoms with E-state index in [1.807, 2.05) is 0 Å². The van der Waals surface area contributed by atoms with Gasteiger partial charge in [0.25, 0.3) is 0 Å². The lowest BCUT2D eigenvalue weighted by Gasteiger charge is -2.06. The SMILES string of the molecule is NCCC1Cc2cc(O)ccc2S1(=O)=O. The van der Waals surface area contributed by atoms with Crippen LogP contribution in [0.2, 0.25) is 0 Å². The summed E-state index contributed by atoms with van der Waals surface area (Å²) in [6.45, 7) is 0.365. The van der Waals surface area contributed by atoms with Crippen molar-refractivity contribution in [1.29, 1.82) is 0 Å². The molecule has 3 N–H and O–H groups in total. The summed E-state index contributed by atoms with van der Waals surface area (Å²) < 4.78 is 23.9. The van der Waals surface area contributed by atoms with Crippen LogP contribution in [0.1, 0.15) is 12.0 Å². The van der Waals surface area contributed by atoms with Crippen molar-refractivity contribution >= 4 is 9.84 Å². The zero-order valence-corrected chi connectivity index (χ0v) is 9.00. The molecule has 1 heterocycles. The summed E-state index contributed by atoms with van der Waals surface area (Å²) in [7, 11) is -3.22. The van der Waals surface area contributed by atoms with Crippen molar-refractivity contribution in [3.05, 3.63) is 23.8 Å². The Balaban J connectivity index is 2.48. The minimum absolute atomic E-state index is 0.109. The third-order valence-electron chi connectivity index (χ3n) is 2.73. The molecule has 2 rings (SSSR count). The van der Waals surface area contributed by atoms with E-state index in [9.17, 15) is 13.5 Å². The second kappa shape index (κ2) is 3.50. The molecule has 0 saturated heterocycles. The van der Waals surface area contributed by atoms with Gasteiger partial charge in [0, 0.05) is 0 Å². The highest BCUT2D eigenvalue weighted by Crippen LogP contribution is 2.34. The van der Waals surface area contributed by atoms with Gasteiger partial charge in [-0.3, -0.25) is 0 Å². The second-order valence-electron chi connectivity index (χ2n) is 3.74. The number of hydrogen-bond donors (Lipinski definition) is 2. The third kappa shape index (κ3) is 1.61. The van der Waals surface area contributed by atoms with E-state index in [1.54, 1.807) is 0 Å². The maximum Gasteiger partial charge on any atom is 0.181 e. The lowest BCUT2D eigenvalue weighted by atomic mass is 10.1. The Morgan fingerprint density at radius 3 is 2.87 bits per heavy atom. The van der Waals surface area contributed by atoms with E-state index in [2.05, 4.69) is 0 Å². The van der Waals surface area contributed by atoms with Crippen LogP contribution in [-0.4, -0.2) is 25.3 Å². The Morgan fingerprint density at radius 2 is 2.20 bits per heavy atom. The van der Waals surface area contributed by atoms with E-state index in [-0.39, 0.29) is 5.75 Å². The first-order valence-electron chi connectivity index (χ1n) is 4.81. The predicted molar refractivity (Wildman–Crippen MR) is 56.5 cm³/mol. The lowest BCUT2D eigenvalue weighted by Crippen LogP contribution is -2.20. The number of hydrogen-bond acceptors (Lipinski definition) is 4. The Bertz CT molecular complexity index is 481. The minimum Gasteiger partial charge on any atom is -0.508 e. The molecule has 0 aromatic heterocycles. The zero-order chi connectivity index (χ0) is 11.1. The molecule has 1 unspecified atom stereocenters. The van der Waals surface area contributed by atoms with Gasteiger partial charge in [0.15, 0.2) is 9.84 Å². The van der Waals surface area contributed by atoms with Gasteiger partial charge in [-0.15, -0.1) is 0 Å². The Labute approximate surface area is 88.6 Å². The van der Waals surface area contributed by atoms with Gasteiger partial charge in [0.05, 0.1) is 10.1 Å². The van der Waals surface area contributed by atoms with Crippen LogP contribution >= 0.6 is 0 Å². The van der Waals surface area contributed by atoms with Crippen LogP contribution < -0.4 is 5.73 Å². The van der Waals surface area contributed by atoms with Crippen molar-refractivity contribution in [2.45, 2.75) is 23.0 Å². The number of phenolic OH excluding ortho intramolecular Hbond substituents is 1. The topological polar surface area (TPSA) is 80.4 Å². The molecule has 0 fully saturated rings. The summed E-state index contributed by atoms with van der Waals surface area (Å²) in [6, 6.07) is 4.39. The number of aromatic hydroxyl groups is 1. The van der Waals surface area contributed by atoms with Gasteiger partial charge in [0.2, 0.25) is 0 Å². The van der Waals surface area contributed by atoms with Crippen LogP contribution in [0, 0.1) is 0 Å². The number of benzene rings is 1. The van der Waals surface area contributed by atoms with E-state index < -0.39 is 15.1 Å². The van der Waals surface area contributed by atoms with Crippen molar-refractivity contribution in [3.8, 4) is 5.75 Å². The highest BCUT2D eigenvalue weighted by molar-refractivity contribution is 7.92. The number of rotatable bonds is 2. The monoisotopic (exact) mass is 227 g/mol. The van der Waals surface area contributed by atoms with Crippen molar-refractivity contribution in [2.24, 2.45) is 5.73 Å². The molecule has 5 heteroatoms. The molecule has 1 aromatic rings. The summed E-state index contributed by atoms with van der Waals surface area (Å²) >= 11 is 0. The summed E-state index contributed by atoms with van der Waals surface area (Å²) in [5, 5.41) is 8.85. The van der Waals surface area contributed by atoms with Gasteiger partial charge in [-0.1, -0.05) is 0 Å². The average Bonchev–Trinajstić information content (AvgIpc) is 2.39. The normalized spacial score (nSPS) is 22.6. The molecule has 0 amide bonds. The molecule has 0 radical (unpaired) electrons. The van der Waals surface area contributed by atoms with Gasteiger partial charge in [0.1, 0.15) is 5.75 Å². The van der Waals surface area contributed by atoms with E-state index >= 15 is 0 Å². The fourth-order valence-corrected chi connectivity index (χ4v) is 3.95. The molecular weight excluding hydrogens is 214 g/mol. The summed E-state index contributed by atoms with van der Waals surface area (Å²) in [5.74, 6) is 0.109. The summed E-state index contributed by atoms with van der Waals surface area (Å²) in [6.07, 6.45) is 0.932. The molecule has 1 aliphatic heterocycles. The van der Waals surface area contributed by atoms with E-state index in [1.165, 1.54) is 18.2 Å². The van der Waals surface area contributed by atoms with E-state index in [0.717, 1.165) is 0 Å². The van der Waals surface area contributed by atoms with Crippen molar-refractivity contribution < 1.29 is 13.5 Å². The van der Waals surface area contributed by atoms with Crippen LogP contribution in [0.4, 0.5) is 0 Å². The first-order chi connectivity index (χ1) is 7.05. The molecule has 0 bridgehead atoms. The maximum atomic E-state index is 11.9. The quantitative estimate of drug-likeness (QED) is 0.768. The third-order valence-corrected chi connectivity index (χ3v) is 5.02. The Kier molecular flexibility index (Phi) is 2.44. The smallest absolute Gasteiger partial charge is 0.181 e. The lowest BCUT2D eigenvalue weighted by molar-refractivity contribution is 0.474. The zero-order valence-electron chi connectivity index (χ0n) is 8.18. The number of nitrogens with two attached hydrogens (primary N) is 1. The van der Waals surface area contributed by atoms with Gasteiger partial charge in [-0.25, -0.2) is 8.42 Å². The van der Waals surface area contributed by atoms with Gasteiger partial charge >= 0.3 is 0 Å². The summed E-state index contributed by atoms with van der Waals surface area (Å²) in [4.78, 5) is 0.346. The molecule has 15 heavy (non-hydrogen) atoms. The van der Waals surface area contributed by atoms with Crippen LogP contribution in [0.5, 0.6) is 5.75 Å². The summed E-state index contributed by atoms with van der Waals surface area (Å²) in [5.41, 5.74) is 6.08. The molecular formula is C10H13NO3S. The van der Waals surface area contributed by atoms with Crippen molar-refractivity contribution in [3.63, 3.8) is 0 Å². The van der Waals surface area contributed by atoms with Crippen LogP contribution in [-0.2, 0) is 16.3 Å². The number of phenols is 1. The van der Waals surface area contributed by atoms with Gasteiger partial charge < -0.3 is 10.8 Å². The molecule has 0 spiro atoms. The number of sulfone groups is 1. The molecule has 82 valence electrons. The van der Waals surface area contributed by atoms with Crippen molar-refractivity contribution in [1.82, 2.24) is 0 Å². The predicted octanol–water partition coefficient (Wildman–Crippen LogP) is 0.439. The second-order valence-corrected chi connectivity index (χ2v) is 5.94. The molecule has 0 saturated carbocycles. The largest absolute Gasteiger partial charge is 0.508 e. The molecule has 1 atom stereocenters. The fourth-order valence-electron chi connectivity index (χ4n) is 1.98. The number of fused-ring (bicyclic) bond motifs is 1. The standard InChI is InChI=1S/C10H13NO3S/c11-4-3-9-6-7-5-8(12)1-2-10(7)15(9,13)14/h1-2,5,9,12H,3-4,6,11H2. The average molecular weight is 227 g/mol. The first-order valence-corrected chi connectivity index (χ1v) is 6.36.